The van der Waals surface area contributed by atoms with Gasteiger partial charge in [-0.15, -0.1) is 11.3 Å². The standard InChI is InChI=1S/C16H19N3O4S/c20-13-1-4-19(5-2-13)7-16(21)18-14-9-22-6-3-15(14)23-8-12-10-24-11-17-12/h1-2,4-5,10-11,14-15H,3,6-9H2,(H,18,21)/t14-,15+/m1/s1. The van der Waals surface area contributed by atoms with E-state index in [1.165, 1.54) is 23.5 Å². The molecule has 0 aliphatic carbocycles. The van der Waals surface area contributed by atoms with Crippen molar-refractivity contribution in [1.82, 2.24) is 14.9 Å². The first-order valence-electron chi connectivity index (χ1n) is 7.72. The molecule has 1 saturated heterocycles. The number of ether oxygens (including phenoxy) is 2. The lowest BCUT2D eigenvalue weighted by Crippen LogP contribution is -2.51. The third-order valence-corrected chi connectivity index (χ3v) is 4.39. The first-order valence-corrected chi connectivity index (χ1v) is 8.67. The van der Waals surface area contributed by atoms with Crippen LogP contribution in [0.5, 0.6) is 0 Å². The number of rotatable bonds is 6. The van der Waals surface area contributed by atoms with Crippen LogP contribution in [0.15, 0.2) is 40.2 Å². The molecule has 3 rings (SSSR count). The van der Waals surface area contributed by atoms with Gasteiger partial charge >= 0.3 is 0 Å². The van der Waals surface area contributed by atoms with Crippen LogP contribution in [0.25, 0.3) is 0 Å². The summed E-state index contributed by atoms with van der Waals surface area (Å²) in [5.74, 6) is -0.142. The normalized spacial score (nSPS) is 20.7. The molecule has 0 radical (unpaired) electrons. The van der Waals surface area contributed by atoms with E-state index in [1.54, 1.807) is 22.5 Å². The van der Waals surface area contributed by atoms with E-state index in [-0.39, 0.29) is 30.0 Å². The van der Waals surface area contributed by atoms with Crippen molar-refractivity contribution in [2.24, 2.45) is 0 Å². The Bertz CT molecular complexity index is 696. The number of carbonyl (C=O) groups excluding carboxylic acids is 1. The van der Waals surface area contributed by atoms with Crippen LogP contribution in [0.4, 0.5) is 0 Å². The molecular formula is C16H19N3O4S. The van der Waals surface area contributed by atoms with Crippen molar-refractivity contribution in [2.45, 2.75) is 31.7 Å². The fourth-order valence-corrected chi connectivity index (χ4v) is 3.06. The minimum Gasteiger partial charge on any atom is -0.379 e. The molecular weight excluding hydrogens is 330 g/mol. The summed E-state index contributed by atoms with van der Waals surface area (Å²) in [5, 5.41) is 4.90. The smallest absolute Gasteiger partial charge is 0.240 e. The van der Waals surface area contributed by atoms with Crippen LogP contribution in [0.2, 0.25) is 0 Å². The van der Waals surface area contributed by atoms with E-state index in [1.807, 2.05) is 5.38 Å². The van der Waals surface area contributed by atoms with Crippen molar-refractivity contribution in [3.63, 3.8) is 0 Å². The van der Waals surface area contributed by atoms with Crippen molar-refractivity contribution >= 4 is 17.2 Å². The van der Waals surface area contributed by atoms with Crippen molar-refractivity contribution < 1.29 is 14.3 Å². The molecule has 7 nitrogen and oxygen atoms in total. The number of aromatic nitrogens is 2. The summed E-state index contributed by atoms with van der Waals surface area (Å²) in [4.78, 5) is 27.5. The van der Waals surface area contributed by atoms with Crippen LogP contribution in [0, 0.1) is 0 Å². The molecule has 128 valence electrons. The van der Waals surface area contributed by atoms with Gasteiger partial charge in [-0.25, -0.2) is 4.98 Å². The molecule has 1 N–H and O–H groups in total. The SMILES string of the molecule is O=C(Cn1ccc(=O)cc1)N[C@@H]1COCC[C@@H]1OCc1cscn1. The highest BCUT2D eigenvalue weighted by atomic mass is 32.1. The second-order valence-electron chi connectivity index (χ2n) is 5.57. The summed E-state index contributed by atoms with van der Waals surface area (Å²) in [6, 6.07) is 2.66. The van der Waals surface area contributed by atoms with Gasteiger partial charge in [0.15, 0.2) is 5.43 Å². The third-order valence-electron chi connectivity index (χ3n) is 3.75. The number of hydrogen-bond acceptors (Lipinski definition) is 6. The molecule has 1 aliphatic heterocycles. The van der Waals surface area contributed by atoms with E-state index in [0.717, 1.165) is 12.1 Å². The Labute approximate surface area is 143 Å². The van der Waals surface area contributed by atoms with Gasteiger partial charge < -0.3 is 19.4 Å². The average Bonchev–Trinajstić information content (AvgIpc) is 3.10. The maximum absolute atomic E-state index is 12.2. The molecule has 0 aromatic carbocycles. The third kappa shape index (κ3) is 4.73. The number of amides is 1. The monoisotopic (exact) mass is 349 g/mol. The Morgan fingerprint density at radius 3 is 3.04 bits per heavy atom. The predicted molar refractivity (Wildman–Crippen MR) is 88.8 cm³/mol. The second-order valence-corrected chi connectivity index (χ2v) is 6.29. The molecule has 24 heavy (non-hydrogen) atoms. The molecule has 0 spiro atoms. The van der Waals surface area contributed by atoms with Crippen molar-refractivity contribution in [2.75, 3.05) is 13.2 Å². The average molecular weight is 349 g/mol. The Morgan fingerprint density at radius 2 is 2.29 bits per heavy atom. The first-order chi connectivity index (χ1) is 11.7. The lowest BCUT2D eigenvalue weighted by Gasteiger charge is -2.32. The minimum absolute atomic E-state index is 0.0807. The molecule has 0 saturated carbocycles. The highest BCUT2D eigenvalue weighted by Gasteiger charge is 2.28. The second kappa shape index (κ2) is 8.18. The highest BCUT2D eigenvalue weighted by molar-refractivity contribution is 7.07. The number of carbonyl (C=O) groups is 1. The minimum atomic E-state index is -0.190. The fraction of sp³-hybridized carbons (Fsp3) is 0.438. The molecule has 2 aromatic heterocycles. The first kappa shape index (κ1) is 16.8. The van der Waals surface area contributed by atoms with Crippen molar-refractivity contribution in [3.8, 4) is 0 Å². The van der Waals surface area contributed by atoms with Crippen molar-refractivity contribution in [3.05, 3.63) is 51.3 Å². The molecule has 2 aromatic rings. The predicted octanol–water partition coefficient (Wildman–Crippen LogP) is 0.795. The van der Waals surface area contributed by atoms with Gasteiger partial charge in [0.2, 0.25) is 5.91 Å². The molecule has 0 unspecified atom stereocenters. The molecule has 2 atom stereocenters. The van der Waals surface area contributed by atoms with Gasteiger partial charge in [-0.2, -0.15) is 0 Å². The summed E-state index contributed by atoms with van der Waals surface area (Å²) < 4.78 is 13.0. The van der Waals surface area contributed by atoms with Gasteiger partial charge in [-0.1, -0.05) is 0 Å². The maximum atomic E-state index is 12.2. The summed E-state index contributed by atoms with van der Waals surface area (Å²) in [7, 11) is 0. The maximum Gasteiger partial charge on any atom is 0.240 e. The summed E-state index contributed by atoms with van der Waals surface area (Å²) in [6.07, 6.45) is 3.82. The lowest BCUT2D eigenvalue weighted by molar-refractivity contribution is -0.127. The highest BCUT2D eigenvalue weighted by Crippen LogP contribution is 2.14. The van der Waals surface area contributed by atoms with Gasteiger partial charge in [0, 0.05) is 36.5 Å². The van der Waals surface area contributed by atoms with Crippen LogP contribution in [-0.4, -0.2) is 40.8 Å². The molecule has 3 heterocycles. The zero-order chi connectivity index (χ0) is 16.8. The Hall–Kier alpha value is -2.03. The molecule has 1 amide bonds. The largest absolute Gasteiger partial charge is 0.379 e. The van der Waals surface area contributed by atoms with Gasteiger partial charge in [-0.05, 0) is 6.42 Å². The van der Waals surface area contributed by atoms with Crippen molar-refractivity contribution in [1.29, 1.82) is 0 Å². The zero-order valence-electron chi connectivity index (χ0n) is 13.1. The van der Waals surface area contributed by atoms with E-state index in [4.69, 9.17) is 9.47 Å². The molecule has 1 fully saturated rings. The van der Waals surface area contributed by atoms with Gasteiger partial charge in [-0.3, -0.25) is 9.59 Å². The fourth-order valence-electron chi connectivity index (χ4n) is 2.52. The molecule has 8 heteroatoms. The number of thiazole rings is 1. The number of nitrogens with zero attached hydrogens (tertiary/aromatic N) is 2. The van der Waals surface area contributed by atoms with E-state index in [0.29, 0.717) is 19.8 Å². The van der Waals surface area contributed by atoms with Gasteiger partial charge in [0.05, 0.1) is 36.6 Å². The van der Waals surface area contributed by atoms with E-state index >= 15 is 0 Å². The lowest BCUT2D eigenvalue weighted by atomic mass is 10.1. The molecule has 1 aliphatic rings. The zero-order valence-corrected chi connectivity index (χ0v) is 13.9. The van der Waals surface area contributed by atoms with Gasteiger partial charge in [0.1, 0.15) is 6.54 Å². The Kier molecular flexibility index (Phi) is 5.73. The Morgan fingerprint density at radius 1 is 1.46 bits per heavy atom. The number of hydrogen-bond donors (Lipinski definition) is 1. The van der Waals surface area contributed by atoms with E-state index in [9.17, 15) is 9.59 Å². The van der Waals surface area contributed by atoms with E-state index < -0.39 is 0 Å². The van der Waals surface area contributed by atoms with Crippen LogP contribution < -0.4 is 10.7 Å². The van der Waals surface area contributed by atoms with E-state index in [2.05, 4.69) is 10.3 Å². The van der Waals surface area contributed by atoms with Crippen LogP contribution >= 0.6 is 11.3 Å². The van der Waals surface area contributed by atoms with Crippen LogP contribution in [0.1, 0.15) is 12.1 Å². The van der Waals surface area contributed by atoms with Gasteiger partial charge in [0.25, 0.3) is 0 Å². The number of pyridine rings is 1. The number of nitrogens with one attached hydrogen (secondary N) is 1. The van der Waals surface area contributed by atoms with Crippen LogP contribution in [-0.2, 0) is 27.4 Å². The quantitative estimate of drug-likeness (QED) is 0.834. The Balaban J connectivity index is 1.53. The summed E-state index contributed by atoms with van der Waals surface area (Å²) in [5.41, 5.74) is 2.58. The topological polar surface area (TPSA) is 82.5 Å². The summed E-state index contributed by atoms with van der Waals surface area (Å²) in [6.45, 7) is 1.63. The van der Waals surface area contributed by atoms with Crippen LogP contribution in [0.3, 0.4) is 0 Å². The summed E-state index contributed by atoms with van der Waals surface area (Å²) >= 11 is 1.53. The molecule has 0 bridgehead atoms.